The van der Waals surface area contributed by atoms with Crippen molar-refractivity contribution in [2.24, 2.45) is 0 Å². The highest BCUT2D eigenvalue weighted by molar-refractivity contribution is 5.57. The van der Waals surface area contributed by atoms with Gasteiger partial charge in [-0.25, -0.2) is 0 Å². The lowest BCUT2D eigenvalue weighted by Gasteiger charge is -2.32. The predicted molar refractivity (Wildman–Crippen MR) is 104 cm³/mol. The highest BCUT2D eigenvalue weighted by Crippen LogP contribution is 2.34. The van der Waals surface area contributed by atoms with Crippen LogP contribution in [0, 0.1) is 0 Å². The first-order chi connectivity index (χ1) is 13.2. The fraction of sp³-hybridized carbons (Fsp3) is 0.474. The highest BCUT2D eigenvalue weighted by Gasteiger charge is 2.22. The van der Waals surface area contributed by atoms with E-state index in [0.29, 0.717) is 19.2 Å². The monoisotopic (exact) mass is 371 g/mol. The van der Waals surface area contributed by atoms with Crippen LogP contribution in [0.4, 0.5) is 17.6 Å². The van der Waals surface area contributed by atoms with Gasteiger partial charge in [-0.15, -0.1) is 0 Å². The van der Waals surface area contributed by atoms with Crippen molar-refractivity contribution < 1.29 is 14.2 Å². The summed E-state index contributed by atoms with van der Waals surface area (Å²) in [6.07, 6.45) is 0.909. The van der Waals surface area contributed by atoms with Crippen LogP contribution in [0.5, 0.6) is 11.5 Å². The van der Waals surface area contributed by atoms with Crippen molar-refractivity contribution in [2.75, 3.05) is 62.6 Å². The molecule has 0 amide bonds. The molecule has 2 aliphatic heterocycles. The Balaban J connectivity index is 1.61. The zero-order chi connectivity index (χ0) is 18.8. The first kappa shape index (κ1) is 17.7. The van der Waals surface area contributed by atoms with Gasteiger partial charge in [0.15, 0.2) is 11.5 Å². The number of fused-ring (bicyclic) bond motifs is 1. The molecular formula is C19H25N5O3. The van der Waals surface area contributed by atoms with E-state index in [0.717, 1.165) is 55.7 Å². The van der Waals surface area contributed by atoms with Crippen molar-refractivity contribution in [1.82, 2.24) is 9.97 Å². The number of benzene rings is 1. The van der Waals surface area contributed by atoms with E-state index in [1.54, 1.807) is 14.2 Å². The minimum atomic E-state index is 0.298. The van der Waals surface area contributed by atoms with Gasteiger partial charge >= 0.3 is 0 Å². The minimum Gasteiger partial charge on any atom is -0.493 e. The summed E-state index contributed by atoms with van der Waals surface area (Å²) in [5, 5.41) is 0. The zero-order valence-corrected chi connectivity index (χ0v) is 15.8. The first-order valence-electron chi connectivity index (χ1n) is 9.14. The maximum absolute atomic E-state index is 6.01. The van der Waals surface area contributed by atoms with Crippen LogP contribution in [0.2, 0.25) is 0 Å². The average Bonchev–Trinajstić information content (AvgIpc) is 2.72. The second kappa shape index (κ2) is 7.48. The molecule has 1 saturated heterocycles. The van der Waals surface area contributed by atoms with Crippen molar-refractivity contribution in [2.45, 2.75) is 13.0 Å². The summed E-state index contributed by atoms with van der Waals surface area (Å²) in [7, 11) is 3.32. The molecule has 1 aromatic heterocycles. The van der Waals surface area contributed by atoms with E-state index >= 15 is 0 Å². The van der Waals surface area contributed by atoms with Crippen LogP contribution in [0.3, 0.4) is 0 Å². The predicted octanol–water partition coefficient (Wildman–Crippen LogP) is 1.48. The number of hydrogen-bond donors (Lipinski definition) is 1. The van der Waals surface area contributed by atoms with E-state index < -0.39 is 0 Å². The van der Waals surface area contributed by atoms with Crippen molar-refractivity contribution in [3.05, 3.63) is 29.3 Å². The van der Waals surface area contributed by atoms with E-state index in [2.05, 4.69) is 25.8 Å². The number of rotatable bonds is 4. The lowest BCUT2D eigenvalue weighted by atomic mass is 9.99. The molecular weight excluding hydrogens is 346 g/mol. The molecule has 3 heterocycles. The molecule has 2 aromatic rings. The lowest BCUT2D eigenvalue weighted by molar-refractivity contribution is 0.122. The topological polar surface area (TPSA) is 86.0 Å². The number of anilines is 3. The highest BCUT2D eigenvalue weighted by atomic mass is 16.5. The van der Waals surface area contributed by atoms with Gasteiger partial charge in [0, 0.05) is 32.2 Å². The average molecular weight is 371 g/mol. The van der Waals surface area contributed by atoms with Gasteiger partial charge in [-0.05, 0) is 29.7 Å². The molecule has 2 aliphatic rings. The summed E-state index contributed by atoms with van der Waals surface area (Å²) in [6, 6.07) is 6.14. The Morgan fingerprint density at radius 2 is 1.52 bits per heavy atom. The van der Waals surface area contributed by atoms with Gasteiger partial charge in [0.25, 0.3) is 0 Å². The molecule has 2 N–H and O–H groups in total. The Hall–Kier alpha value is -2.74. The van der Waals surface area contributed by atoms with Crippen LogP contribution in [0.25, 0.3) is 0 Å². The summed E-state index contributed by atoms with van der Waals surface area (Å²) in [5.41, 5.74) is 8.50. The third-order valence-corrected chi connectivity index (χ3v) is 5.09. The largest absolute Gasteiger partial charge is 0.493 e. The third kappa shape index (κ3) is 3.57. The summed E-state index contributed by atoms with van der Waals surface area (Å²) in [4.78, 5) is 13.3. The molecule has 27 heavy (non-hydrogen) atoms. The zero-order valence-electron chi connectivity index (χ0n) is 15.8. The molecule has 0 bridgehead atoms. The quantitative estimate of drug-likeness (QED) is 0.865. The summed E-state index contributed by atoms with van der Waals surface area (Å²) < 4.78 is 16.3. The number of hydrogen-bond acceptors (Lipinski definition) is 8. The van der Waals surface area contributed by atoms with Gasteiger partial charge in [0.1, 0.15) is 11.6 Å². The van der Waals surface area contributed by atoms with Gasteiger partial charge in [0.05, 0.1) is 27.4 Å². The SMILES string of the molecule is COc1cc2c(cc1OC)CN(c1cc(N3CCOCC3)nc(N)n1)CC2. The second-order valence-corrected chi connectivity index (χ2v) is 6.69. The molecule has 4 rings (SSSR count). The van der Waals surface area contributed by atoms with Crippen LogP contribution < -0.4 is 25.0 Å². The number of ether oxygens (including phenoxy) is 3. The van der Waals surface area contributed by atoms with Crippen LogP contribution in [0.15, 0.2) is 18.2 Å². The van der Waals surface area contributed by atoms with E-state index in [4.69, 9.17) is 19.9 Å². The maximum atomic E-state index is 6.01. The van der Waals surface area contributed by atoms with Crippen molar-refractivity contribution in [3.63, 3.8) is 0 Å². The maximum Gasteiger partial charge on any atom is 0.223 e. The molecule has 0 unspecified atom stereocenters. The lowest BCUT2D eigenvalue weighted by Crippen LogP contribution is -2.37. The van der Waals surface area contributed by atoms with Crippen molar-refractivity contribution in [1.29, 1.82) is 0 Å². The molecule has 8 nitrogen and oxygen atoms in total. The molecule has 0 aliphatic carbocycles. The van der Waals surface area contributed by atoms with E-state index in [9.17, 15) is 0 Å². The van der Waals surface area contributed by atoms with Crippen LogP contribution in [-0.2, 0) is 17.7 Å². The Labute approximate surface area is 158 Å². The van der Waals surface area contributed by atoms with Crippen LogP contribution in [-0.4, -0.2) is 57.0 Å². The Morgan fingerprint density at radius 3 is 2.19 bits per heavy atom. The standard InChI is InChI=1S/C19H25N5O3/c1-25-15-9-13-3-4-24(12-14(13)10-16(15)26-2)18-11-17(21-19(20)22-18)23-5-7-27-8-6-23/h9-11H,3-8,12H2,1-2H3,(H2,20,21,22). The van der Waals surface area contributed by atoms with Gasteiger partial charge in [0.2, 0.25) is 5.95 Å². The molecule has 1 fully saturated rings. The second-order valence-electron chi connectivity index (χ2n) is 6.69. The molecule has 144 valence electrons. The fourth-order valence-corrected chi connectivity index (χ4v) is 3.63. The van der Waals surface area contributed by atoms with E-state index in [-0.39, 0.29) is 0 Å². The Kier molecular flexibility index (Phi) is 4.89. The minimum absolute atomic E-state index is 0.298. The fourth-order valence-electron chi connectivity index (χ4n) is 3.63. The van der Waals surface area contributed by atoms with Gasteiger partial charge in [-0.3, -0.25) is 0 Å². The van der Waals surface area contributed by atoms with Crippen molar-refractivity contribution >= 4 is 17.6 Å². The van der Waals surface area contributed by atoms with Gasteiger partial charge < -0.3 is 29.7 Å². The Bertz CT molecular complexity index is 823. The number of morpholine rings is 1. The summed E-state index contributed by atoms with van der Waals surface area (Å²) >= 11 is 0. The normalized spacial score (nSPS) is 16.8. The molecule has 8 heteroatoms. The third-order valence-electron chi connectivity index (χ3n) is 5.09. The van der Waals surface area contributed by atoms with Crippen LogP contribution >= 0.6 is 0 Å². The molecule has 0 radical (unpaired) electrons. The number of nitrogens with two attached hydrogens (primary N) is 1. The van der Waals surface area contributed by atoms with E-state index in [1.165, 1.54) is 11.1 Å². The Morgan fingerprint density at radius 1 is 0.889 bits per heavy atom. The number of methoxy groups -OCH3 is 2. The van der Waals surface area contributed by atoms with Gasteiger partial charge in [-0.2, -0.15) is 9.97 Å². The number of nitrogen functional groups attached to an aromatic ring is 1. The van der Waals surface area contributed by atoms with E-state index in [1.807, 2.05) is 12.1 Å². The van der Waals surface area contributed by atoms with Gasteiger partial charge in [-0.1, -0.05) is 0 Å². The molecule has 1 aromatic carbocycles. The summed E-state index contributed by atoms with van der Waals surface area (Å²) in [6.45, 7) is 4.65. The molecule has 0 atom stereocenters. The van der Waals surface area contributed by atoms with Crippen molar-refractivity contribution in [3.8, 4) is 11.5 Å². The first-order valence-corrected chi connectivity index (χ1v) is 9.14. The molecule has 0 spiro atoms. The molecule has 0 saturated carbocycles. The van der Waals surface area contributed by atoms with Crippen LogP contribution in [0.1, 0.15) is 11.1 Å². The number of aromatic nitrogens is 2. The summed E-state index contributed by atoms with van der Waals surface area (Å²) in [5.74, 6) is 3.52. The smallest absolute Gasteiger partial charge is 0.223 e. The number of nitrogens with zero attached hydrogens (tertiary/aromatic N) is 4.